The lowest BCUT2D eigenvalue weighted by molar-refractivity contribution is -0.123. The molecule has 0 spiro atoms. The molecule has 0 radical (unpaired) electrons. The topological polar surface area (TPSA) is 98.5 Å². The molecule has 7 heteroatoms. The minimum atomic E-state index is -0.997. The first-order chi connectivity index (χ1) is 12.0. The zero-order valence-electron chi connectivity index (χ0n) is 13.7. The number of ether oxygens (including phenoxy) is 1. The molecule has 0 saturated heterocycles. The molecule has 1 aliphatic rings. The van der Waals surface area contributed by atoms with Crippen molar-refractivity contribution < 1.29 is 19.1 Å². The summed E-state index contributed by atoms with van der Waals surface area (Å²) in [6, 6.07) is 7.03. The van der Waals surface area contributed by atoms with Crippen LogP contribution in [0.4, 0.5) is 5.00 Å². The molecule has 1 heterocycles. The summed E-state index contributed by atoms with van der Waals surface area (Å²) in [6.45, 7) is 1.48. The zero-order valence-corrected chi connectivity index (χ0v) is 14.5. The number of anilines is 1. The van der Waals surface area contributed by atoms with Gasteiger partial charge in [0.2, 0.25) is 0 Å². The van der Waals surface area contributed by atoms with E-state index in [-0.39, 0.29) is 5.56 Å². The predicted octanol–water partition coefficient (Wildman–Crippen LogP) is 2.52. The summed E-state index contributed by atoms with van der Waals surface area (Å²) in [5, 5.41) is 4.57. The summed E-state index contributed by atoms with van der Waals surface area (Å²) in [4.78, 5) is 35.8. The third kappa shape index (κ3) is 3.71. The highest BCUT2D eigenvalue weighted by atomic mass is 32.1. The van der Waals surface area contributed by atoms with Crippen LogP contribution in [0.1, 0.15) is 45.2 Å². The molecule has 3 N–H and O–H groups in total. The number of nitrogens with two attached hydrogens (primary N) is 1. The van der Waals surface area contributed by atoms with Crippen LogP contribution in [-0.4, -0.2) is 23.9 Å². The largest absolute Gasteiger partial charge is 0.449 e. The number of esters is 1. The van der Waals surface area contributed by atoms with E-state index in [0.717, 1.165) is 24.8 Å². The first-order valence-electron chi connectivity index (χ1n) is 7.96. The second-order valence-electron chi connectivity index (χ2n) is 5.90. The SMILES string of the molecule is CC(OC(=O)c1ccc2c(c1)CCC2)C(=O)Nc1sccc1C(N)=O. The number of hydrogen-bond donors (Lipinski definition) is 2. The number of primary amides is 1. The van der Waals surface area contributed by atoms with Crippen LogP contribution in [0.3, 0.4) is 0 Å². The van der Waals surface area contributed by atoms with Crippen LogP contribution in [0, 0.1) is 0 Å². The quantitative estimate of drug-likeness (QED) is 0.802. The number of amides is 2. The molecule has 1 aromatic heterocycles. The summed E-state index contributed by atoms with van der Waals surface area (Å²) in [6.07, 6.45) is 2.09. The molecule has 1 aliphatic carbocycles. The Kier molecular flexibility index (Phi) is 4.85. The molecule has 0 bridgehead atoms. The van der Waals surface area contributed by atoms with Gasteiger partial charge in [-0.2, -0.15) is 0 Å². The normalized spacial score (nSPS) is 13.8. The van der Waals surface area contributed by atoms with Gasteiger partial charge in [0, 0.05) is 0 Å². The van der Waals surface area contributed by atoms with E-state index in [2.05, 4.69) is 5.32 Å². The number of aryl methyl sites for hydroxylation is 2. The molecule has 0 fully saturated rings. The van der Waals surface area contributed by atoms with Gasteiger partial charge in [-0.15, -0.1) is 11.3 Å². The van der Waals surface area contributed by atoms with Gasteiger partial charge in [0.25, 0.3) is 11.8 Å². The molecule has 2 amide bonds. The Morgan fingerprint density at radius 2 is 1.96 bits per heavy atom. The van der Waals surface area contributed by atoms with E-state index < -0.39 is 23.9 Å². The van der Waals surface area contributed by atoms with Gasteiger partial charge < -0.3 is 15.8 Å². The maximum absolute atomic E-state index is 12.3. The van der Waals surface area contributed by atoms with Gasteiger partial charge in [0.1, 0.15) is 5.00 Å². The predicted molar refractivity (Wildman–Crippen MR) is 94.8 cm³/mol. The first-order valence-corrected chi connectivity index (χ1v) is 8.84. The van der Waals surface area contributed by atoms with Crippen molar-refractivity contribution in [3.05, 3.63) is 51.9 Å². The highest BCUT2D eigenvalue weighted by Crippen LogP contribution is 2.24. The van der Waals surface area contributed by atoms with Crippen LogP contribution in [-0.2, 0) is 22.4 Å². The first kappa shape index (κ1) is 17.2. The molecular weight excluding hydrogens is 340 g/mol. The number of carbonyl (C=O) groups excluding carboxylic acids is 3. The van der Waals surface area contributed by atoms with Crippen LogP contribution in [0.15, 0.2) is 29.6 Å². The van der Waals surface area contributed by atoms with Crippen molar-refractivity contribution in [1.29, 1.82) is 0 Å². The van der Waals surface area contributed by atoms with Gasteiger partial charge in [-0.1, -0.05) is 6.07 Å². The Morgan fingerprint density at radius 1 is 1.20 bits per heavy atom. The molecule has 1 aromatic carbocycles. The number of carbonyl (C=O) groups is 3. The van der Waals surface area contributed by atoms with Gasteiger partial charge in [-0.05, 0) is 60.9 Å². The minimum Gasteiger partial charge on any atom is -0.449 e. The lowest BCUT2D eigenvalue weighted by Gasteiger charge is -2.14. The number of nitrogens with one attached hydrogen (secondary N) is 1. The van der Waals surface area contributed by atoms with E-state index in [4.69, 9.17) is 10.5 Å². The summed E-state index contributed by atoms with van der Waals surface area (Å²) in [7, 11) is 0. The van der Waals surface area contributed by atoms with E-state index in [1.807, 2.05) is 12.1 Å². The fraction of sp³-hybridized carbons (Fsp3) is 0.278. The molecular formula is C18H18N2O4S. The molecule has 2 aromatic rings. The molecule has 3 rings (SSSR count). The molecule has 0 aliphatic heterocycles. The number of benzene rings is 1. The summed E-state index contributed by atoms with van der Waals surface area (Å²) in [5.74, 6) is -1.68. The van der Waals surface area contributed by atoms with Crippen LogP contribution >= 0.6 is 11.3 Å². The summed E-state index contributed by atoms with van der Waals surface area (Å²) < 4.78 is 5.24. The second kappa shape index (κ2) is 7.06. The molecule has 130 valence electrons. The van der Waals surface area contributed by atoms with Crippen molar-refractivity contribution in [3.8, 4) is 0 Å². The maximum Gasteiger partial charge on any atom is 0.338 e. The Balaban J connectivity index is 1.64. The number of thiophene rings is 1. The number of hydrogen-bond acceptors (Lipinski definition) is 5. The van der Waals surface area contributed by atoms with E-state index in [0.29, 0.717) is 10.6 Å². The summed E-state index contributed by atoms with van der Waals surface area (Å²) >= 11 is 1.18. The van der Waals surface area contributed by atoms with Crippen molar-refractivity contribution in [2.45, 2.75) is 32.3 Å². The highest BCUT2D eigenvalue weighted by molar-refractivity contribution is 7.14. The Hall–Kier alpha value is -2.67. The highest BCUT2D eigenvalue weighted by Gasteiger charge is 2.22. The Labute approximate surface area is 149 Å². The third-order valence-electron chi connectivity index (χ3n) is 4.15. The minimum absolute atomic E-state index is 0.232. The lowest BCUT2D eigenvalue weighted by Crippen LogP contribution is -2.30. The Bertz CT molecular complexity index is 843. The van der Waals surface area contributed by atoms with Crippen molar-refractivity contribution in [2.75, 3.05) is 5.32 Å². The average molecular weight is 358 g/mol. The molecule has 0 saturated carbocycles. The van der Waals surface area contributed by atoms with Crippen molar-refractivity contribution in [2.24, 2.45) is 5.73 Å². The second-order valence-corrected chi connectivity index (χ2v) is 6.82. The molecule has 1 unspecified atom stereocenters. The number of fused-ring (bicyclic) bond motifs is 1. The monoisotopic (exact) mass is 358 g/mol. The Morgan fingerprint density at radius 3 is 2.72 bits per heavy atom. The van der Waals surface area contributed by atoms with Gasteiger partial charge in [0.05, 0.1) is 11.1 Å². The lowest BCUT2D eigenvalue weighted by atomic mass is 10.1. The van der Waals surface area contributed by atoms with Crippen molar-refractivity contribution in [1.82, 2.24) is 0 Å². The van der Waals surface area contributed by atoms with E-state index in [1.165, 1.54) is 29.9 Å². The van der Waals surface area contributed by atoms with Crippen LogP contribution in [0.5, 0.6) is 0 Å². The van der Waals surface area contributed by atoms with Crippen molar-refractivity contribution >= 4 is 34.1 Å². The van der Waals surface area contributed by atoms with Crippen LogP contribution < -0.4 is 11.1 Å². The van der Waals surface area contributed by atoms with Gasteiger partial charge in [0.15, 0.2) is 6.10 Å². The smallest absolute Gasteiger partial charge is 0.338 e. The van der Waals surface area contributed by atoms with Crippen LogP contribution in [0.25, 0.3) is 0 Å². The summed E-state index contributed by atoms with van der Waals surface area (Å²) in [5.41, 5.74) is 8.34. The van der Waals surface area contributed by atoms with E-state index in [9.17, 15) is 14.4 Å². The van der Waals surface area contributed by atoms with Crippen LogP contribution in [0.2, 0.25) is 0 Å². The zero-order chi connectivity index (χ0) is 18.0. The molecule has 1 atom stereocenters. The maximum atomic E-state index is 12.3. The standard InChI is InChI=1S/C18H18N2O4S/c1-10(16(22)20-17-14(15(19)21)7-8-25-17)24-18(23)13-6-5-11-3-2-4-12(11)9-13/h5-10H,2-4H2,1H3,(H2,19,21)(H,20,22). The van der Waals surface area contributed by atoms with E-state index in [1.54, 1.807) is 11.4 Å². The van der Waals surface area contributed by atoms with Gasteiger partial charge in [-0.25, -0.2) is 4.79 Å². The molecule has 6 nitrogen and oxygen atoms in total. The van der Waals surface area contributed by atoms with Gasteiger partial charge in [-0.3, -0.25) is 9.59 Å². The fourth-order valence-electron chi connectivity index (χ4n) is 2.79. The third-order valence-corrected chi connectivity index (χ3v) is 4.98. The van der Waals surface area contributed by atoms with Gasteiger partial charge >= 0.3 is 5.97 Å². The fourth-order valence-corrected chi connectivity index (χ4v) is 3.59. The van der Waals surface area contributed by atoms with E-state index >= 15 is 0 Å². The van der Waals surface area contributed by atoms with Crippen molar-refractivity contribution in [3.63, 3.8) is 0 Å². The average Bonchev–Trinajstić information content (AvgIpc) is 3.22. The number of rotatable bonds is 5. The molecule has 25 heavy (non-hydrogen) atoms.